The van der Waals surface area contributed by atoms with Gasteiger partial charge >= 0.3 is 5.97 Å². The summed E-state index contributed by atoms with van der Waals surface area (Å²) in [4.78, 5) is 38.0. The van der Waals surface area contributed by atoms with E-state index in [2.05, 4.69) is 16.0 Å². The molecule has 0 bridgehead atoms. The normalized spacial score (nSPS) is 13.3. The van der Waals surface area contributed by atoms with E-state index in [-0.39, 0.29) is 30.1 Å². The fraction of sp³-hybridized carbons (Fsp3) is 0.625. The molecule has 0 spiro atoms. The molecular weight excluding hydrogens is 460 g/mol. The number of carbonyl (C=O) groups excluding carboxylic acids is 3. The standard InChI is InChI=1S/C24H40N4O5.ClH/c1-16(2)14-20(27-19(24(31)33-5)8-6-7-13-25)23(30)28-21(22(29)26-3)15-17-9-11-18(32-4)12-10-17;/h9-12,16,19-21,27H,6-8,13-15,25H2,1-5H3,(H,26,29)(H,28,30);1H/t19?,20-,21-;/m0./s1. The molecule has 0 aromatic heterocycles. The number of benzene rings is 1. The molecule has 0 fully saturated rings. The highest BCUT2D eigenvalue weighted by atomic mass is 35.5. The molecule has 0 aliphatic rings. The molecule has 5 N–H and O–H groups in total. The Morgan fingerprint density at radius 3 is 2.12 bits per heavy atom. The van der Waals surface area contributed by atoms with E-state index < -0.39 is 24.1 Å². The number of nitrogens with two attached hydrogens (primary N) is 1. The smallest absolute Gasteiger partial charge is 0.322 e. The maximum absolute atomic E-state index is 13.2. The summed E-state index contributed by atoms with van der Waals surface area (Å²) in [6.07, 6.45) is 2.84. The SMILES string of the molecule is CNC(=O)[C@H](Cc1ccc(OC)cc1)NC(=O)[C@H](CC(C)C)NC(CCCCN)C(=O)OC.Cl. The summed E-state index contributed by atoms with van der Waals surface area (Å²) in [5.74, 6) is -0.150. The van der Waals surface area contributed by atoms with E-state index in [4.69, 9.17) is 15.2 Å². The van der Waals surface area contributed by atoms with Gasteiger partial charge in [-0.2, -0.15) is 0 Å². The largest absolute Gasteiger partial charge is 0.497 e. The van der Waals surface area contributed by atoms with Crippen molar-refractivity contribution in [3.8, 4) is 5.75 Å². The molecule has 10 heteroatoms. The topological polar surface area (TPSA) is 132 Å². The molecule has 0 saturated carbocycles. The number of esters is 1. The summed E-state index contributed by atoms with van der Waals surface area (Å²) in [7, 11) is 4.44. The van der Waals surface area contributed by atoms with Crippen molar-refractivity contribution in [3.05, 3.63) is 29.8 Å². The summed E-state index contributed by atoms with van der Waals surface area (Å²) in [6.45, 7) is 4.53. The summed E-state index contributed by atoms with van der Waals surface area (Å²) in [6, 6.07) is 5.28. The second-order valence-corrected chi connectivity index (χ2v) is 8.44. The average Bonchev–Trinajstić information content (AvgIpc) is 2.81. The molecule has 0 aliphatic carbocycles. The highest BCUT2D eigenvalue weighted by Crippen LogP contribution is 2.14. The minimum Gasteiger partial charge on any atom is -0.497 e. The van der Waals surface area contributed by atoms with E-state index in [1.807, 2.05) is 38.1 Å². The van der Waals surface area contributed by atoms with Crippen LogP contribution in [0.1, 0.15) is 45.1 Å². The number of carbonyl (C=O) groups is 3. The first kappa shape index (κ1) is 31.6. The Morgan fingerprint density at radius 1 is 0.971 bits per heavy atom. The number of methoxy groups -OCH3 is 2. The summed E-state index contributed by atoms with van der Waals surface area (Å²) in [5.41, 5.74) is 6.45. The van der Waals surface area contributed by atoms with Crippen LogP contribution >= 0.6 is 12.4 Å². The van der Waals surface area contributed by atoms with Crippen molar-refractivity contribution >= 4 is 30.2 Å². The van der Waals surface area contributed by atoms with Crippen LogP contribution < -0.4 is 26.4 Å². The molecule has 1 aromatic carbocycles. The van der Waals surface area contributed by atoms with E-state index in [1.54, 1.807) is 7.11 Å². The van der Waals surface area contributed by atoms with Crippen molar-refractivity contribution in [1.29, 1.82) is 0 Å². The van der Waals surface area contributed by atoms with Gasteiger partial charge in [0.05, 0.1) is 20.3 Å². The van der Waals surface area contributed by atoms with Crippen molar-refractivity contribution in [3.63, 3.8) is 0 Å². The third-order valence-electron chi connectivity index (χ3n) is 5.34. The Bertz CT molecular complexity index is 745. The number of halogens is 1. The van der Waals surface area contributed by atoms with E-state index in [9.17, 15) is 14.4 Å². The van der Waals surface area contributed by atoms with Gasteiger partial charge in [-0.15, -0.1) is 12.4 Å². The molecule has 1 unspecified atom stereocenters. The lowest BCUT2D eigenvalue weighted by atomic mass is 9.99. The fourth-order valence-electron chi connectivity index (χ4n) is 3.52. The number of hydrogen-bond donors (Lipinski definition) is 4. The van der Waals surface area contributed by atoms with Gasteiger partial charge in [0.2, 0.25) is 11.8 Å². The lowest BCUT2D eigenvalue weighted by Gasteiger charge is -2.27. The second kappa shape index (κ2) is 17.1. The van der Waals surface area contributed by atoms with Crippen LogP contribution in [0.3, 0.4) is 0 Å². The lowest BCUT2D eigenvalue weighted by Crippen LogP contribution is -2.56. The molecule has 1 rings (SSSR count). The predicted molar refractivity (Wildman–Crippen MR) is 135 cm³/mol. The third kappa shape index (κ3) is 11.2. The average molecular weight is 501 g/mol. The van der Waals surface area contributed by atoms with E-state index in [0.717, 1.165) is 18.4 Å². The molecule has 194 valence electrons. The number of hydrogen-bond acceptors (Lipinski definition) is 7. The fourth-order valence-corrected chi connectivity index (χ4v) is 3.52. The maximum atomic E-state index is 13.2. The van der Waals surface area contributed by atoms with Gasteiger partial charge in [0.15, 0.2) is 0 Å². The van der Waals surface area contributed by atoms with Crippen LogP contribution in [0.4, 0.5) is 0 Å². The first-order chi connectivity index (χ1) is 15.7. The molecule has 0 aliphatic heterocycles. The van der Waals surface area contributed by atoms with Crippen LogP contribution in [0.5, 0.6) is 5.75 Å². The molecule has 9 nitrogen and oxygen atoms in total. The van der Waals surface area contributed by atoms with Crippen LogP contribution in [-0.4, -0.2) is 63.7 Å². The van der Waals surface area contributed by atoms with Gasteiger partial charge in [-0.3, -0.25) is 19.7 Å². The molecule has 3 atom stereocenters. The number of unbranched alkanes of at least 4 members (excludes halogenated alkanes) is 1. The molecular formula is C24H41ClN4O5. The minimum absolute atomic E-state index is 0. The Morgan fingerprint density at radius 2 is 1.62 bits per heavy atom. The number of nitrogens with one attached hydrogen (secondary N) is 3. The van der Waals surface area contributed by atoms with E-state index in [1.165, 1.54) is 14.2 Å². The van der Waals surface area contributed by atoms with Gasteiger partial charge in [-0.25, -0.2) is 0 Å². The van der Waals surface area contributed by atoms with Gasteiger partial charge in [-0.1, -0.05) is 32.4 Å². The van der Waals surface area contributed by atoms with E-state index in [0.29, 0.717) is 31.6 Å². The third-order valence-corrected chi connectivity index (χ3v) is 5.34. The lowest BCUT2D eigenvalue weighted by molar-refractivity contribution is -0.144. The molecule has 1 aromatic rings. The Kier molecular flexibility index (Phi) is 15.9. The zero-order valence-corrected chi connectivity index (χ0v) is 21.7. The van der Waals surface area contributed by atoms with Crippen LogP contribution in [0.2, 0.25) is 0 Å². The van der Waals surface area contributed by atoms with E-state index >= 15 is 0 Å². The number of amides is 2. The molecule has 0 heterocycles. The summed E-state index contributed by atoms with van der Waals surface area (Å²) in [5, 5.41) is 8.63. The van der Waals surface area contributed by atoms with Crippen LogP contribution in [0.15, 0.2) is 24.3 Å². The van der Waals surface area contributed by atoms with Crippen molar-refractivity contribution in [2.75, 3.05) is 27.8 Å². The monoisotopic (exact) mass is 500 g/mol. The zero-order chi connectivity index (χ0) is 24.8. The Labute approximate surface area is 209 Å². The predicted octanol–water partition coefficient (Wildman–Crippen LogP) is 1.57. The maximum Gasteiger partial charge on any atom is 0.322 e. The van der Waals surface area contributed by atoms with Crippen molar-refractivity contribution in [1.82, 2.24) is 16.0 Å². The molecule has 0 radical (unpaired) electrons. The van der Waals surface area contributed by atoms with Gasteiger partial charge < -0.3 is 25.8 Å². The number of ether oxygens (including phenoxy) is 2. The van der Waals surface area contributed by atoms with Crippen LogP contribution in [0.25, 0.3) is 0 Å². The van der Waals surface area contributed by atoms with Crippen LogP contribution in [-0.2, 0) is 25.5 Å². The van der Waals surface area contributed by atoms with Crippen LogP contribution in [0, 0.1) is 5.92 Å². The quantitative estimate of drug-likeness (QED) is 0.212. The molecule has 2 amide bonds. The first-order valence-electron chi connectivity index (χ1n) is 11.4. The number of rotatable bonds is 15. The van der Waals surface area contributed by atoms with Gasteiger partial charge in [0, 0.05) is 13.5 Å². The molecule has 0 saturated heterocycles. The number of likely N-dealkylation sites (N-methyl/N-ethyl adjacent to an activating group) is 1. The van der Waals surface area contributed by atoms with Gasteiger partial charge in [-0.05, 0) is 49.4 Å². The van der Waals surface area contributed by atoms with Crippen molar-refractivity contribution in [2.24, 2.45) is 11.7 Å². The highest BCUT2D eigenvalue weighted by molar-refractivity contribution is 5.90. The van der Waals surface area contributed by atoms with Crippen molar-refractivity contribution in [2.45, 2.75) is 64.1 Å². The van der Waals surface area contributed by atoms with Crippen molar-refractivity contribution < 1.29 is 23.9 Å². The second-order valence-electron chi connectivity index (χ2n) is 8.44. The minimum atomic E-state index is -0.763. The van der Waals surface area contributed by atoms with Gasteiger partial charge in [0.25, 0.3) is 0 Å². The Hall–Kier alpha value is -2.36. The Balaban J connectivity index is 0.0000109. The highest BCUT2D eigenvalue weighted by Gasteiger charge is 2.30. The molecule has 34 heavy (non-hydrogen) atoms. The first-order valence-corrected chi connectivity index (χ1v) is 11.4. The van der Waals surface area contributed by atoms with Gasteiger partial charge in [0.1, 0.15) is 17.8 Å². The summed E-state index contributed by atoms with van der Waals surface area (Å²) < 4.78 is 10.1. The summed E-state index contributed by atoms with van der Waals surface area (Å²) >= 11 is 0. The zero-order valence-electron chi connectivity index (χ0n) is 20.9.